The Morgan fingerprint density at radius 1 is 1.38 bits per heavy atom. The Morgan fingerprint density at radius 2 is 2.00 bits per heavy atom. The zero-order valence-electron chi connectivity index (χ0n) is 6.61. The fourth-order valence-electron chi connectivity index (χ4n) is 0.944. The first-order valence-electron chi connectivity index (χ1n) is 3.50. The maximum absolute atomic E-state index is 10.9. The van der Waals surface area contributed by atoms with E-state index in [0.717, 1.165) is 0 Å². The molecule has 0 spiro atoms. The van der Waals surface area contributed by atoms with Crippen molar-refractivity contribution in [2.45, 2.75) is 12.5 Å². The summed E-state index contributed by atoms with van der Waals surface area (Å²) in [4.78, 5) is 21.4. The van der Waals surface area contributed by atoms with E-state index >= 15 is 0 Å². The molecule has 1 atom stereocenters. The summed E-state index contributed by atoms with van der Waals surface area (Å²) >= 11 is 0. The van der Waals surface area contributed by atoms with Crippen LogP contribution >= 0.6 is 0 Å². The third-order valence-electron chi connectivity index (χ3n) is 1.55. The summed E-state index contributed by atoms with van der Waals surface area (Å²) in [5.41, 5.74) is 0. The van der Waals surface area contributed by atoms with E-state index in [1.165, 1.54) is 0 Å². The molecule has 0 radical (unpaired) electrons. The average molecular weight is 207 g/mol. The molecule has 1 saturated heterocycles. The summed E-state index contributed by atoms with van der Waals surface area (Å²) in [5, 5.41) is 8.96. The monoisotopic (exact) mass is 207 g/mol. The topological polar surface area (TPSA) is 118 Å². The highest BCUT2D eigenvalue weighted by Crippen LogP contribution is 1.99. The summed E-state index contributed by atoms with van der Waals surface area (Å²) in [6.45, 7) is 0. The summed E-state index contributed by atoms with van der Waals surface area (Å²) < 4.78 is 21.0. The lowest BCUT2D eigenvalue weighted by molar-refractivity contribution is -0.120. The van der Waals surface area contributed by atoms with Gasteiger partial charge in [0.05, 0.1) is 5.75 Å². The molecule has 4 N–H and O–H groups in total. The van der Waals surface area contributed by atoms with E-state index in [1.807, 2.05) is 5.32 Å². The van der Waals surface area contributed by atoms with Gasteiger partial charge in [-0.3, -0.25) is 10.1 Å². The van der Waals surface area contributed by atoms with Crippen LogP contribution in [0.4, 0.5) is 4.79 Å². The van der Waals surface area contributed by atoms with Gasteiger partial charge >= 0.3 is 6.03 Å². The highest BCUT2D eigenvalue weighted by atomic mass is 32.2. The first kappa shape index (κ1) is 9.93. The Labute approximate surface area is 74.7 Å². The Kier molecular flexibility index (Phi) is 2.52. The highest BCUT2D eigenvalue weighted by molar-refractivity contribution is 7.89. The molecule has 0 aromatic heterocycles. The van der Waals surface area contributed by atoms with Crippen molar-refractivity contribution in [1.82, 2.24) is 10.6 Å². The van der Waals surface area contributed by atoms with Crippen LogP contribution in [0.3, 0.4) is 0 Å². The van der Waals surface area contributed by atoms with Gasteiger partial charge in [0.25, 0.3) is 5.91 Å². The van der Waals surface area contributed by atoms with Crippen LogP contribution in [0.2, 0.25) is 0 Å². The Bertz CT molecular complexity index is 336. The predicted octanol–water partition coefficient (Wildman–Crippen LogP) is -2.13. The lowest BCUT2D eigenvalue weighted by Gasteiger charge is -2.04. The second kappa shape index (κ2) is 3.30. The van der Waals surface area contributed by atoms with Crippen LogP contribution in [0, 0.1) is 0 Å². The molecule has 1 fully saturated rings. The van der Waals surface area contributed by atoms with Crippen molar-refractivity contribution in [2.24, 2.45) is 5.14 Å². The number of rotatable bonds is 3. The largest absolute Gasteiger partial charge is 0.326 e. The number of carbonyl (C=O) groups excluding carboxylic acids is 2. The maximum atomic E-state index is 10.9. The van der Waals surface area contributed by atoms with Crippen molar-refractivity contribution in [3.63, 3.8) is 0 Å². The van der Waals surface area contributed by atoms with Crippen molar-refractivity contribution in [3.8, 4) is 0 Å². The number of amides is 3. The lowest BCUT2D eigenvalue weighted by Crippen LogP contribution is -2.32. The molecule has 74 valence electrons. The number of nitrogens with two attached hydrogens (primary N) is 1. The molecule has 0 aromatic carbocycles. The third kappa shape index (κ3) is 2.99. The molecule has 0 saturated carbocycles. The summed E-state index contributed by atoms with van der Waals surface area (Å²) in [6.07, 6.45) is -0.00356. The molecule has 1 unspecified atom stereocenters. The molecule has 1 aliphatic heterocycles. The number of hydrogen-bond acceptors (Lipinski definition) is 4. The van der Waals surface area contributed by atoms with Crippen LogP contribution in [0.1, 0.15) is 6.42 Å². The van der Waals surface area contributed by atoms with E-state index in [1.54, 1.807) is 0 Å². The second-order valence-corrected chi connectivity index (χ2v) is 4.40. The van der Waals surface area contributed by atoms with E-state index in [0.29, 0.717) is 0 Å². The molecule has 3 amide bonds. The van der Waals surface area contributed by atoms with Gasteiger partial charge in [0, 0.05) is 0 Å². The van der Waals surface area contributed by atoms with Crippen molar-refractivity contribution >= 4 is 22.0 Å². The smallest absolute Gasteiger partial charge is 0.322 e. The van der Waals surface area contributed by atoms with Crippen molar-refractivity contribution < 1.29 is 18.0 Å². The molecule has 1 rings (SSSR count). The van der Waals surface area contributed by atoms with E-state index in [4.69, 9.17) is 5.14 Å². The quantitative estimate of drug-likeness (QED) is 0.458. The first-order valence-corrected chi connectivity index (χ1v) is 5.22. The molecule has 0 bridgehead atoms. The maximum Gasteiger partial charge on any atom is 0.322 e. The number of sulfonamides is 1. The predicted molar refractivity (Wildman–Crippen MR) is 43.1 cm³/mol. The number of imide groups is 1. The molecule has 0 aliphatic carbocycles. The van der Waals surface area contributed by atoms with E-state index in [-0.39, 0.29) is 12.2 Å². The second-order valence-electron chi connectivity index (χ2n) is 2.67. The van der Waals surface area contributed by atoms with Gasteiger partial charge < -0.3 is 5.32 Å². The molecule has 0 aromatic rings. The first-order chi connectivity index (χ1) is 5.88. The van der Waals surface area contributed by atoms with Gasteiger partial charge in [0.2, 0.25) is 10.0 Å². The molecule has 8 heteroatoms. The van der Waals surface area contributed by atoms with Crippen LogP contribution in [0.25, 0.3) is 0 Å². The Morgan fingerprint density at radius 3 is 2.38 bits per heavy atom. The number of primary sulfonamides is 1. The van der Waals surface area contributed by atoms with Gasteiger partial charge in [0.15, 0.2) is 0 Å². The van der Waals surface area contributed by atoms with E-state index < -0.39 is 28.0 Å². The Balaban J connectivity index is 2.47. The van der Waals surface area contributed by atoms with Crippen molar-refractivity contribution in [1.29, 1.82) is 0 Å². The molecule has 1 heterocycles. The van der Waals surface area contributed by atoms with Gasteiger partial charge in [-0.25, -0.2) is 18.4 Å². The lowest BCUT2D eigenvalue weighted by atomic mass is 10.2. The molecular formula is C5H9N3O4S. The minimum absolute atomic E-state index is 0.00356. The van der Waals surface area contributed by atoms with E-state index in [9.17, 15) is 18.0 Å². The summed E-state index contributed by atoms with van der Waals surface area (Å²) in [7, 11) is -3.58. The van der Waals surface area contributed by atoms with Gasteiger partial charge in [-0.15, -0.1) is 0 Å². The van der Waals surface area contributed by atoms with Gasteiger partial charge in [-0.1, -0.05) is 0 Å². The summed E-state index contributed by atoms with van der Waals surface area (Å²) in [6, 6.07) is -1.39. The minimum atomic E-state index is -3.58. The fourth-order valence-corrected chi connectivity index (χ4v) is 1.51. The number of nitrogens with one attached hydrogen (secondary N) is 2. The average Bonchev–Trinajstić information content (AvgIpc) is 2.24. The van der Waals surface area contributed by atoms with Crippen LogP contribution in [0.15, 0.2) is 0 Å². The zero-order chi connectivity index (χ0) is 10.1. The SMILES string of the molecule is NS(=O)(=O)CCC1NC(=O)NC1=O. The fraction of sp³-hybridized carbons (Fsp3) is 0.600. The van der Waals surface area contributed by atoms with Crippen LogP contribution < -0.4 is 15.8 Å². The number of hydrogen-bond donors (Lipinski definition) is 3. The molecule has 1 aliphatic rings. The summed E-state index contributed by atoms with van der Waals surface area (Å²) in [5.74, 6) is -0.848. The zero-order valence-corrected chi connectivity index (χ0v) is 7.43. The molecular weight excluding hydrogens is 198 g/mol. The highest BCUT2D eigenvalue weighted by Gasteiger charge is 2.29. The van der Waals surface area contributed by atoms with E-state index in [2.05, 4.69) is 5.32 Å². The molecule has 13 heavy (non-hydrogen) atoms. The van der Waals surface area contributed by atoms with Gasteiger partial charge in [-0.05, 0) is 6.42 Å². The van der Waals surface area contributed by atoms with Gasteiger partial charge in [-0.2, -0.15) is 0 Å². The van der Waals surface area contributed by atoms with Gasteiger partial charge in [0.1, 0.15) is 6.04 Å². The van der Waals surface area contributed by atoms with Crippen LogP contribution in [-0.4, -0.2) is 32.2 Å². The third-order valence-corrected chi connectivity index (χ3v) is 2.35. The van der Waals surface area contributed by atoms with Crippen LogP contribution in [0.5, 0.6) is 0 Å². The van der Waals surface area contributed by atoms with Crippen LogP contribution in [-0.2, 0) is 14.8 Å². The van der Waals surface area contributed by atoms with Crippen molar-refractivity contribution in [3.05, 3.63) is 0 Å². The molecule has 7 nitrogen and oxygen atoms in total. The standard InChI is InChI=1S/C5H9N3O4S/c6-13(11,12)2-1-3-4(9)8-5(10)7-3/h3H,1-2H2,(H2,6,11,12)(H2,7,8,9,10). The normalized spacial score (nSPS) is 22.7. The van der Waals surface area contributed by atoms with Crippen molar-refractivity contribution in [2.75, 3.05) is 5.75 Å². The Hall–Kier alpha value is -1.15. The number of urea groups is 1. The minimum Gasteiger partial charge on any atom is -0.326 e. The number of carbonyl (C=O) groups is 2.